The zero-order valence-corrected chi connectivity index (χ0v) is 20.6. The first-order valence-corrected chi connectivity index (χ1v) is 11.8. The number of hydrogen-bond donors (Lipinski definition) is 2. The van der Waals surface area contributed by atoms with Crippen LogP contribution in [0, 0.1) is 19.7 Å². The Morgan fingerprint density at radius 3 is 2.44 bits per heavy atom. The number of benzene rings is 3. The molecule has 0 saturated carbocycles. The van der Waals surface area contributed by atoms with Gasteiger partial charge in [0.1, 0.15) is 11.9 Å². The molecule has 1 fully saturated rings. The third-order valence-electron chi connectivity index (χ3n) is 5.83. The smallest absolute Gasteiger partial charge is 0.269 e. The molecule has 0 radical (unpaired) electrons. The Kier molecular flexibility index (Phi) is 7.40. The molecular weight excluding hydrogens is 479 g/mol. The molecule has 1 aliphatic rings. The molecule has 0 unspecified atom stereocenters. The fourth-order valence-electron chi connectivity index (χ4n) is 4.00. The largest absolute Gasteiger partial charge is 0.326 e. The van der Waals surface area contributed by atoms with E-state index in [9.17, 15) is 18.8 Å². The quantitative estimate of drug-likeness (QED) is 0.474. The van der Waals surface area contributed by atoms with Gasteiger partial charge in [0.05, 0.1) is 13.0 Å². The molecule has 0 aliphatic carbocycles. The number of hydrogen-bond acceptors (Lipinski definition) is 4. The Hall–Kier alpha value is -4.11. The van der Waals surface area contributed by atoms with Gasteiger partial charge >= 0.3 is 0 Å². The number of aryl methyl sites for hydroxylation is 2. The van der Waals surface area contributed by atoms with Crippen LogP contribution < -0.4 is 10.7 Å². The van der Waals surface area contributed by atoms with Crippen LogP contribution >= 0.6 is 12.2 Å². The summed E-state index contributed by atoms with van der Waals surface area (Å²) >= 11 is 5.54. The van der Waals surface area contributed by atoms with Crippen molar-refractivity contribution >= 4 is 40.7 Å². The second kappa shape index (κ2) is 10.7. The maximum atomic E-state index is 13.7. The van der Waals surface area contributed by atoms with Gasteiger partial charge in [-0.05, 0) is 61.5 Å². The molecule has 1 atom stereocenters. The summed E-state index contributed by atoms with van der Waals surface area (Å²) in [6, 6.07) is 19.0. The number of carbonyl (C=O) groups is 3. The minimum atomic E-state index is -1.07. The van der Waals surface area contributed by atoms with Gasteiger partial charge in [-0.1, -0.05) is 54.1 Å². The van der Waals surface area contributed by atoms with E-state index in [1.54, 1.807) is 6.07 Å². The van der Waals surface area contributed by atoms with Crippen LogP contribution in [0.25, 0.3) is 0 Å². The van der Waals surface area contributed by atoms with E-state index in [0.29, 0.717) is 5.69 Å². The highest BCUT2D eigenvalue weighted by atomic mass is 32.1. The van der Waals surface area contributed by atoms with Crippen LogP contribution in [0.3, 0.4) is 0 Å². The van der Waals surface area contributed by atoms with Crippen LogP contribution in [0.15, 0.2) is 72.8 Å². The molecule has 36 heavy (non-hydrogen) atoms. The zero-order valence-electron chi connectivity index (χ0n) is 19.8. The summed E-state index contributed by atoms with van der Waals surface area (Å²) in [5.74, 6) is -2.04. The summed E-state index contributed by atoms with van der Waals surface area (Å²) in [4.78, 5) is 40.6. The van der Waals surface area contributed by atoms with Crippen LogP contribution in [-0.2, 0) is 16.1 Å². The number of hydrazine groups is 1. The molecule has 9 heteroatoms. The summed E-state index contributed by atoms with van der Waals surface area (Å²) in [6.07, 6.45) is -0.249. The van der Waals surface area contributed by atoms with Crippen LogP contribution in [0.5, 0.6) is 0 Å². The third kappa shape index (κ3) is 5.58. The topological polar surface area (TPSA) is 81.8 Å². The monoisotopic (exact) mass is 504 g/mol. The fourth-order valence-corrected chi connectivity index (χ4v) is 4.33. The van der Waals surface area contributed by atoms with Gasteiger partial charge in [-0.2, -0.15) is 0 Å². The summed E-state index contributed by atoms with van der Waals surface area (Å²) in [5, 5.41) is 4.11. The van der Waals surface area contributed by atoms with Crippen molar-refractivity contribution in [3.05, 3.63) is 101 Å². The summed E-state index contributed by atoms with van der Waals surface area (Å²) < 4.78 is 13.7. The number of rotatable bonds is 7. The minimum absolute atomic E-state index is 0.0536. The lowest BCUT2D eigenvalue weighted by Gasteiger charge is -2.24. The first kappa shape index (κ1) is 25.0. The highest BCUT2D eigenvalue weighted by molar-refractivity contribution is 7.80. The van der Waals surface area contributed by atoms with Crippen molar-refractivity contribution in [2.24, 2.45) is 0 Å². The molecule has 2 N–H and O–H groups in total. The second-order valence-corrected chi connectivity index (χ2v) is 8.97. The number of nitrogens with one attached hydrogen (secondary N) is 2. The molecule has 3 aromatic carbocycles. The first-order valence-electron chi connectivity index (χ1n) is 11.3. The number of nitrogens with zero attached hydrogens (tertiary/aromatic N) is 2. The van der Waals surface area contributed by atoms with Crippen molar-refractivity contribution < 1.29 is 18.8 Å². The Bertz CT molecular complexity index is 1330. The van der Waals surface area contributed by atoms with Gasteiger partial charge in [0.15, 0.2) is 5.11 Å². The lowest BCUT2D eigenvalue weighted by molar-refractivity contribution is -0.131. The zero-order chi connectivity index (χ0) is 25.8. The Morgan fingerprint density at radius 1 is 1.00 bits per heavy atom. The summed E-state index contributed by atoms with van der Waals surface area (Å²) in [6.45, 7) is 4.02. The molecule has 3 aromatic rings. The van der Waals surface area contributed by atoms with E-state index in [4.69, 9.17) is 12.2 Å². The molecule has 0 aromatic heterocycles. The molecule has 1 saturated heterocycles. The van der Waals surface area contributed by atoms with Gasteiger partial charge in [0, 0.05) is 11.3 Å². The molecule has 1 aliphatic heterocycles. The van der Waals surface area contributed by atoms with Crippen LogP contribution in [0.1, 0.15) is 33.5 Å². The lowest BCUT2D eigenvalue weighted by atomic mass is 10.1. The molecule has 0 bridgehead atoms. The van der Waals surface area contributed by atoms with E-state index in [1.165, 1.54) is 28.1 Å². The van der Waals surface area contributed by atoms with Crippen molar-refractivity contribution in [2.75, 3.05) is 5.32 Å². The second-order valence-electron chi connectivity index (χ2n) is 8.60. The predicted octanol–water partition coefficient (Wildman–Crippen LogP) is 4.11. The third-order valence-corrected chi connectivity index (χ3v) is 6.24. The van der Waals surface area contributed by atoms with E-state index >= 15 is 0 Å². The summed E-state index contributed by atoms with van der Waals surface area (Å²) in [5.41, 5.74) is 6.08. The SMILES string of the molecule is Cc1ccc(NC(=O)C[C@@H]2C(=O)N(Cc3ccccc3)C(=S)N2NC(=O)c2cccc(F)c2)c(C)c1. The number of anilines is 1. The maximum Gasteiger partial charge on any atom is 0.269 e. The van der Waals surface area contributed by atoms with Crippen molar-refractivity contribution in [3.8, 4) is 0 Å². The molecule has 3 amide bonds. The van der Waals surface area contributed by atoms with E-state index in [1.807, 2.05) is 56.3 Å². The van der Waals surface area contributed by atoms with Crippen LogP contribution in [-0.4, -0.2) is 38.8 Å². The maximum absolute atomic E-state index is 13.7. The van der Waals surface area contributed by atoms with Gasteiger partial charge in [-0.25, -0.2) is 9.40 Å². The van der Waals surface area contributed by atoms with Gasteiger partial charge < -0.3 is 5.32 Å². The Morgan fingerprint density at radius 2 is 1.75 bits per heavy atom. The van der Waals surface area contributed by atoms with E-state index < -0.39 is 29.6 Å². The summed E-state index contributed by atoms with van der Waals surface area (Å²) in [7, 11) is 0. The van der Waals surface area contributed by atoms with E-state index in [0.717, 1.165) is 22.8 Å². The van der Waals surface area contributed by atoms with Gasteiger partial charge in [-0.15, -0.1) is 0 Å². The average molecular weight is 505 g/mol. The molecule has 0 spiro atoms. The molecule has 1 heterocycles. The highest BCUT2D eigenvalue weighted by Crippen LogP contribution is 2.23. The molecule has 7 nitrogen and oxygen atoms in total. The highest BCUT2D eigenvalue weighted by Gasteiger charge is 2.44. The normalized spacial score (nSPS) is 15.2. The number of thiocarbonyl (C=S) groups is 1. The standard InChI is InChI=1S/C27H25FN4O3S/c1-17-11-12-22(18(2)13-17)29-24(33)15-23-26(35)31(16-19-7-4-3-5-8-19)27(36)32(23)30-25(34)20-9-6-10-21(28)14-20/h3-14,23H,15-16H2,1-2H3,(H,29,33)(H,30,34)/t23-/m1/s1. The van der Waals surface area contributed by atoms with Crippen molar-refractivity contribution in [1.29, 1.82) is 0 Å². The number of carbonyl (C=O) groups excluding carboxylic acids is 3. The molecule has 4 rings (SSSR count). The van der Waals surface area contributed by atoms with Crippen molar-refractivity contribution in [2.45, 2.75) is 32.9 Å². The minimum Gasteiger partial charge on any atom is -0.326 e. The first-order chi connectivity index (χ1) is 17.2. The molecule has 184 valence electrons. The Balaban J connectivity index is 1.57. The van der Waals surface area contributed by atoms with Crippen LogP contribution in [0.4, 0.5) is 10.1 Å². The van der Waals surface area contributed by atoms with E-state index in [2.05, 4.69) is 10.7 Å². The Labute approximate surface area is 213 Å². The van der Waals surface area contributed by atoms with Crippen LogP contribution in [0.2, 0.25) is 0 Å². The van der Waals surface area contributed by atoms with E-state index in [-0.39, 0.29) is 23.6 Å². The van der Waals surface area contributed by atoms with Crippen molar-refractivity contribution in [3.63, 3.8) is 0 Å². The number of halogens is 1. The van der Waals surface area contributed by atoms with Gasteiger partial charge in [-0.3, -0.25) is 24.7 Å². The van der Waals surface area contributed by atoms with Crippen molar-refractivity contribution in [1.82, 2.24) is 15.3 Å². The number of amides is 3. The lowest BCUT2D eigenvalue weighted by Crippen LogP contribution is -2.49. The average Bonchev–Trinajstić information content (AvgIpc) is 3.05. The fraction of sp³-hybridized carbons (Fsp3) is 0.185. The van der Waals surface area contributed by atoms with Gasteiger partial charge in [0.25, 0.3) is 11.8 Å². The molecular formula is C27H25FN4O3S. The predicted molar refractivity (Wildman–Crippen MR) is 138 cm³/mol. The van der Waals surface area contributed by atoms with Gasteiger partial charge in [0.2, 0.25) is 5.91 Å².